The standard InChI is InChI=1S/C22H21ClN2O4/c1-12(2)29-19-9-8-16(23)10-15(19)11-17-20(26)24-22(28)25(21(17)27)18-7-5-6-13(3)14(18)4/h5-12H,1-4H3,(H,24,26,28)/b17-11+. The molecule has 1 aliphatic heterocycles. The van der Waals surface area contributed by atoms with Crippen molar-refractivity contribution in [3.8, 4) is 5.75 Å². The summed E-state index contributed by atoms with van der Waals surface area (Å²) in [6.45, 7) is 7.43. The molecule has 150 valence electrons. The average Bonchev–Trinajstić information content (AvgIpc) is 2.63. The van der Waals surface area contributed by atoms with E-state index in [4.69, 9.17) is 16.3 Å². The van der Waals surface area contributed by atoms with Gasteiger partial charge in [-0.2, -0.15) is 0 Å². The van der Waals surface area contributed by atoms with Gasteiger partial charge in [-0.1, -0.05) is 23.7 Å². The molecular formula is C22H21ClN2O4. The Kier molecular flexibility index (Phi) is 5.75. The Balaban J connectivity index is 2.09. The zero-order valence-electron chi connectivity index (χ0n) is 16.6. The second-order valence-corrected chi connectivity index (χ2v) is 7.46. The first-order valence-electron chi connectivity index (χ1n) is 9.13. The summed E-state index contributed by atoms with van der Waals surface area (Å²) in [5.74, 6) is -0.993. The summed E-state index contributed by atoms with van der Waals surface area (Å²) in [6.07, 6.45) is 1.28. The second kappa shape index (κ2) is 8.09. The number of barbiturate groups is 1. The lowest BCUT2D eigenvalue weighted by Crippen LogP contribution is -2.54. The minimum Gasteiger partial charge on any atom is -0.490 e. The van der Waals surface area contributed by atoms with Crippen molar-refractivity contribution in [1.29, 1.82) is 0 Å². The van der Waals surface area contributed by atoms with Gasteiger partial charge in [0, 0.05) is 10.6 Å². The lowest BCUT2D eigenvalue weighted by molar-refractivity contribution is -0.122. The van der Waals surface area contributed by atoms with E-state index in [0.29, 0.717) is 22.0 Å². The van der Waals surface area contributed by atoms with E-state index in [0.717, 1.165) is 16.0 Å². The number of carbonyl (C=O) groups excluding carboxylic acids is 3. The molecule has 1 aliphatic rings. The Labute approximate surface area is 174 Å². The van der Waals surface area contributed by atoms with Crippen LogP contribution in [0.4, 0.5) is 10.5 Å². The summed E-state index contributed by atoms with van der Waals surface area (Å²) in [6, 6.07) is 9.46. The molecule has 29 heavy (non-hydrogen) atoms. The number of aryl methyl sites for hydroxylation is 1. The van der Waals surface area contributed by atoms with E-state index in [9.17, 15) is 14.4 Å². The Morgan fingerprint density at radius 3 is 2.52 bits per heavy atom. The van der Waals surface area contributed by atoms with E-state index < -0.39 is 17.8 Å². The molecule has 7 heteroatoms. The molecule has 0 aromatic heterocycles. The van der Waals surface area contributed by atoms with E-state index in [-0.39, 0.29) is 11.7 Å². The highest BCUT2D eigenvalue weighted by Crippen LogP contribution is 2.30. The number of nitrogens with one attached hydrogen (secondary N) is 1. The molecule has 0 aliphatic carbocycles. The summed E-state index contributed by atoms with van der Waals surface area (Å²) in [7, 11) is 0. The van der Waals surface area contributed by atoms with Crippen LogP contribution in [0.15, 0.2) is 42.0 Å². The largest absolute Gasteiger partial charge is 0.490 e. The summed E-state index contributed by atoms with van der Waals surface area (Å²) in [5.41, 5.74) is 2.42. The molecule has 0 unspecified atom stereocenters. The normalized spacial score (nSPS) is 15.9. The first-order chi connectivity index (χ1) is 13.7. The number of hydrogen-bond acceptors (Lipinski definition) is 4. The number of benzene rings is 2. The maximum absolute atomic E-state index is 13.1. The van der Waals surface area contributed by atoms with Gasteiger partial charge < -0.3 is 4.74 Å². The van der Waals surface area contributed by atoms with E-state index in [2.05, 4.69) is 5.32 Å². The Morgan fingerprint density at radius 2 is 1.83 bits per heavy atom. The van der Waals surface area contributed by atoms with Crippen molar-refractivity contribution in [3.05, 3.63) is 63.7 Å². The number of carbonyl (C=O) groups is 3. The predicted octanol–water partition coefficient (Wildman–Crippen LogP) is 4.41. The van der Waals surface area contributed by atoms with Gasteiger partial charge in [0.05, 0.1) is 11.8 Å². The molecule has 0 atom stereocenters. The molecule has 0 bridgehead atoms. The van der Waals surface area contributed by atoms with Crippen molar-refractivity contribution >= 4 is 41.2 Å². The van der Waals surface area contributed by atoms with E-state index in [1.54, 1.807) is 30.3 Å². The van der Waals surface area contributed by atoms with Gasteiger partial charge in [-0.15, -0.1) is 0 Å². The molecule has 6 nitrogen and oxygen atoms in total. The SMILES string of the molecule is Cc1cccc(N2C(=O)NC(=O)/C(=C\c3cc(Cl)ccc3OC(C)C)C2=O)c1C. The van der Waals surface area contributed by atoms with Crippen LogP contribution in [0.25, 0.3) is 6.08 Å². The molecule has 1 fully saturated rings. The molecule has 1 heterocycles. The number of hydrogen-bond donors (Lipinski definition) is 1. The topological polar surface area (TPSA) is 75.7 Å². The van der Waals surface area contributed by atoms with Crippen LogP contribution >= 0.6 is 11.6 Å². The van der Waals surface area contributed by atoms with Crippen LogP contribution in [0, 0.1) is 13.8 Å². The van der Waals surface area contributed by atoms with Crippen molar-refractivity contribution in [1.82, 2.24) is 5.32 Å². The highest BCUT2D eigenvalue weighted by molar-refractivity contribution is 6.39. The maximum atomic E-state index is 13.1. The van der Waals surface area contributed by atoms with Gasteiger partial charge in [0.2, 0.25) is 0 Å². The van der Waals surface area contributed by atoms with Crippen molar-refractivity contribution in [2.24, 2.45) is 0 Å². The highest BCUT2D eigenvalue weighted by atomic mass is 35.5. The first-order valence-corrected chi connectivity index (χ1v) is 9.50. The first kappa shape index (κ1) is 20.6. The second-order valence-electron chi connectivity index (χ2n) is 7.03. The van der Waals surface area contributed by atoms with Crippen molar-refractivity contribution in [3.63, 3.8) is 0 Å². The van der Waals surface area contributed by atoms with Gasteiger partial charge >= 0.3 is 6.03 Å². The zero-order valence-corrected chi connectivity index (χ0v) is 17.3. The van der Waals surface area contributed by atoms with Gasteiger partial charge in [-0.05, 0) is 69.2 Å². The fourth-order valence-corrected chi connectivity index (χ4v) is 3.18. The lowest BCUT2D eigenvalue weighted by atomic mass is 10.0. The maximum Gasteiger partial charge on any atom is 0.335 e. The quantitative estimate of drug-likeness (QED) is 0.596. The number of ether oxygens (including phenoxy) is 1. The number of imide groups is 2. The smallest absolute Gasteiger partial charge is 0.335 e. The monoisotopic (exact) mass is 412 g/mol. The number of anilines is 1. The van der Waals surface area contributed by atoms with Crippen LogP contribution in [-0.4, -0.2) is 23.9 Å². The highest BCUT2D eigenvalue weighted by Gasteiger charge is 2.37. The molecule has 3 rings (SSSR count). The van der Waals surface area contributed by atoms with E-state index in [1.165, 1.54) is 6.08 Å². The van der Waals surface area contributed by atoms with Crippen LogP contribution in [0.2, 0.25) is 5.02 Å². The fraction of sp³-hybridized carbons (Fsp3) is 0.227. The molecule has 2 aromatic carbocycles. The van der Waals surface area contributed by atoms with E-state index in [1.807, 2.05) is 33.8 Å². The Morgan fingerprint density at radius 1 is 1.10 bits per heavy atom. The molecule has 1 saturated heterocycles. The van der Waals surface area contributed by atoms with Crippen molar-refractivity contribution < 1.29 is 19.1 Å². The van der Waals surface area contributed by atoms with Gasteiger partial charge in [0.1, 0.15) is 11.3 Å². The number of nitrogens with zero attached hydrogens (tertiary/aromatic N) is 1. The average molecular weight is 413 g/mol. The third kappa shape index (κ3) is 4.17. The molecular weight excluding hydrogens is 392 g/mol. The number of amides is 4. The minimum absolute atomic E-state index is 0.114. The number of urea groups is 1. The molecule has 0 saturated carbocycles. The number of halogens is 1. The minimum atomic E-state index is -0.782. The van der Waals surface area contributed by atoms with Gasteiger partial charge in [0.15, 0.2) is 0 Å². The van der Waals surface area contributed by atoms with Crippen molar-refractivity contribution in [2.45, 2.75) is 33.8 Å². The third-order valence-corrected chi connectivity index (χ3v) is 4.79. The van der Waals surface area contributed by atoms with Crippen LogP contribution in [0.3, 0.4) is 0 Å². The Hall–Kier alpha value is -3.12. The summed E-state index contributed by atoms with van der Waals surface area (Å²) >= 11 is 6.09. The molecule has 4 amide bonds. The van der Waals surface area contributed by atoms with Gasteiger partial charge in [-0.3, -0.25) is 14.9 Å². The predicted molar refractivity (Wildman–Crippen MR) is 112 cm³/mol. The third-order valence-electron chi connectivity index (χ3n) is 4.55. The molecule has 0 radical (unpaired) electrons. The molecule has 2 aromatic rings. The summed E-state index contributed by atoms with van der Waals surface area (Å²) < 4.78 is 5.75. The van der Waals surface area contributed by atoms with Crippen LogP contribution < -0.4 is 15.0 Å². The summed E-state index contributed by atoms with van der Waals surface area (Å²) in [4.78, 5) is 39.0. The van der Waals surface area contributed by atoms with Crippen LogP contribution in [0.1, 0.15) is 30.5 Å². The van der Waals surface area contributed by atoms with Crippen molar-refractivity contribution in [2.75, 3.05) is 4.90 Å². The molecule has 0 spiro atoms. The van der Waals surface area contributed by atoms with Gasteiger partial charge in [-0.25, -0.2) is 9.69 Å². The summed E-state index contributed by atoms with van der Waals surface area (Å²) in [5, 5.41) is 2.66. The zero-order chi connectivity index (χ0) is 21.3. The van der Waals surface area contributed by atoms with Crippen LogP contribution in [-0.2, 0) is 9.59 Å². The van der Waals surface area contributed by atoms with Gasteiger partial charge in [0.25, 0.3) is 11.8 Å². The Bertz CT molecular complexity index is 1040. The number of rotatable bonds is 4. The van der Waals surface area contributed by atoms with Crippen LogP contribution in [0.5, 0.6) is 5.75 Å². The van der Waals surface area contributed by atoms with E-state index >= 15 is 0 Å². The lowest BCUT2D eigenvalue weighted by Gasteiger charge is -2.28. The fourth-order valence-electron chi connectivity index (χ4n) is 3.00. The molecule has 1 N–H and O–H groups in total.